The van der Waals surface area contributed by atoms with Gasteiger partial charge in [0.2, 0.25) is 0 Å². The molecule has 0 heterocycles. The van der Waals surface area contributed by atoms with Crippen molar-refractivity contribution in [2.75, 3.05) is 26.2 Å². The lowest BCUT2D eigenvalue weighted by atomic mass is 10.1. The summed E-state index contributed by atoms with van der Waals surface area (Å²) in [6, 6.07) is 0.671. The van der Waals surface area contributed by atoms with Gasteiger partial charge >= 0.3 is 0 Å². The molecule has 0 fully saturated rings. The molecule has 0 spiro atoms. The van der Waals surface area contributed by atoms with Crippen LogP contribution in [0.15, 0.2) is 12.2 Å². The minimum Gasteiger partial charge on any atom is -0.317 e. The molecule has 2 nitrogen and oxygen atoms in total. The lowest BCUT2D eigenvalue weighted by Crippen LogP contribution is -2.34. The Morgan fingerprint density at radius 3 is 2.50 bits per heavy atom. The number of likely N-dealkylation sites (N-methyl/N-ethyl adjacent to an activating group) is 1. The Bertz CT molecular complexity index is 178. The minimum atomic E-state index is 0.671. The summed E-state index contributed by atoms with van der Waals surface area (Å²) in [5.41, 5.74) is 1.26. The highest BCUT2D eigenvalue weighted by atomic mass is 15.1. The predicted octanol–water partition coefficient (Wildman–Crippen LogP) is 3.05. The van der Waals surface area contributed by atoms with Gasteiger partial charge in [0, 0.05) is 12.6 Å². The molecule has 0 bridgehead atoms. The molecule has 0 aromatic heterocycles. The first kappa shape index (κ1) is 15.7. The van der Waals surface area contributed by atoms with E-state index in [1.54, 1.807) is 0 Å². The van der Waals surface area contributed by atoms with Crippen LogP contribution in [0.1, 0.15) is 47.0 Å². The standard InChI is InChI=1S/C14H30N2/c1-6-10-15-11-8-9-14(5)16(7-2)12-13(3)4/h14-15H,3,6-12H2,1-2,4-5H3. The molecular formula is C14H30N2. The van der Waals surface area contributed by atoms with Crippen molar-refractivity contribution in [2.24, 2.45) is 0 Å². The van der Waals surface area contributed by atoms with Gasteiger partial charge in [-0.05, 0) is 52.7 Å². The summed E-state index contributed by atoms with van der Waals surface area (Å²) in [6.07, 6.45) is 3.78. The average Bonchev–Trinajstić information content (AvgIpc) is 2.25. The monoisotopic (exact) mass is 226 g/mol. The van der Waals surface area contributed by atoms with Crippen LogP contribution in [0, 0.1) is 0 Å². The fraction of sp³-hybridized carbons (Fsp3) is 0.857. The Balaban J connectivity index is 3.66. The van der Waals surface area contributed by atoms with Gasteiger partial charge in [0.15, 0.2) is 0 Å². The lowest BCUT2D eigenvalue weighted by Gasteiger charge is -2.28. The first-order chi connectivity index (χ1) is 7.61. The van der Waals surface area contributed by atoms with E-state index in [9.17, 15) is 0 Å². The molecule has 0 aliphatic heterocycles. The summed E-state index contributed by atoms with van der Waals surface area (Å²) >= 11 is 0. The molecule has 0 saturated carbocycles. The van der Waals surface area contributed by atoms with Crippen LogP contribution in [0.25, 0.3) is 0 Å². The van der Waals surface area contributed by atoms with Gasteiger partial charge in [-0.25, -0.2) is 0 Å². The van der Waals surface area contributed by atoms with Crippen molar-refractivity contribution in [3.05, 3.63) is 12.2 Å². The summed E-state index contributed by atoms with van der Waals surface area (Å²) in [5.74, 6) is 0. The molecule has 1 atom stereocenters. The summed E-state index contributed by atoms with van der Waals surface area (Å²) in [5, 5.41) is 3.45. The van der Waals surface area contributed by atoms with E-state index in [4.69, 9.17) is 0 Å². The molecule has 1 unspecified atom stereocenters. The fourth-order valence-electron chi connectivity index (χ4n) is 1.93. The van der Waals surface area contributed by atoms with Gasteiger partial charge < -0.3 is 5.32 Å². The van der Waals surface area contributed by atoms with Crippen LogP contribution >= 0.6 is 0 Å². The van der Waals surface area contributed by atoms with E-state index in [0.29, 0.717) is 6.04 Å². The highest BCUT2D eigenvalue weighted by Crippen LogP contribution is 2.08. The summed E-state index contributed by atoms with van der Waals surface area (Å²) in [6.45, 7) is 17.3. The van der Waals surface area contributed by atoms with Crippen LogP contribution in [-0.2, 0) is 0 Å². The predicted molar refractivity (Wildman–Crippen MR) is 73.9 cm³/mol. The van der Waals surface area contributed by atoms with Gasteiger partial charge in [0.25, 0.3) is 0 Å². The maximum atomic E-state index is 3.99. The van der Waals surface area contributed by atoms with Gasteiger partial charge in [-0.3, -0.25) is 4.90 Å². The molecule has 0 aliphatic rings. The summed E-state index contributed by atoms with van der Waals surface area (Å²) in [7, 11) is 0. The zero-order valence-corrected chi connectivity index (χ0v) is 11.7. The fourth-order valence-corrected chi connectivity index (χ4v) is 1.93. The maximum absolute atomic E-state index is 3.99. The molecule has 1 N–H and O–H groups in total. The molecule has 0 rings (SSSR count). The van der Waals surface area contributed by atoms with Gasteiger partial charge in [0.1, 0.15) is 0 Å². The molecule has 0 aromatic carbocycles. The highest BCUT2D eigenvalue weighted by Gasteiger charge is 2.10. The smallest absolute Gasteiger partial charge is 0.0190 e. The number of nitrogens with one attached hydrogen (secondary N) is 1. The molecule has 0 aliphatic carbocycles. The van der Waals surface area contributed by atoms with Crippen LogP contribution in [0.5, 0.6) is 0 Å². The third-order valence-corrected chi connectivity index (χ3v) is 2.90. The highest BCUT2D eigenvalue weighted by molar-refractivity contribution is 4.92. The third kappa shape index (κ3) is 7.89. The maximum Gasteiger partial charge on any atom is 0.0190 e. The number of rotatable bonds is 10. The lowest BCUT2D eigenvalue weighted by molar-refractivity contribution is 0.224. The Morgan fingerprint density at radius 1 is 1.31 bits per heavy atom. The van der Waals surface area contributed by atoms with E-state index < -0.39 is 0 Å². The molecule has 0 saturated heterocycles. The van der Waals surface area contributed by atoms with E-state index in [1.165, 1.54) is 24.8 Å². The van der Waals surface area contributed by atoms with Gasteiger partial charge in [0.05, 0.1) is 0 Å². The van der Waals surface area contributed by atoms with Crippen LogP contribution < -0.4 is 5.32 Å². The van der Waals surface area contributed by atoms with Crippen molar-refractivity contribution < 1.29 is 0 Å². The molecule has 0 aromatic rings. The van der Waals surface area contributed by atoms with Crippen LogP contribution in [0.3, 0.4) is 0 Å². The van der Waals surface area contributed by atoms with Crippen molar-refractivity contribution in [1.82, 2.24) is 10.2 Å². The summed E-state index contributed by atoms with van der Waals surface area (Å²) in [4.78, 5) is 2.50. The quantitative estimate of drug-likeness (QED) is 0.455. The summed E-state index contributed by atoms with van der Waals surface area (Å²) < 4.78 is 0. The molecule has 96 valence electrons. The topological polar surface area (TPSA) is 15.3 Å². The van der Waals surface area contributed by atoms with E-state index in [-0.39, 0.29) is 0 Å². The molecular weight excluding hydrogens is 196 g/mol. The second kappa shape index (κ2) is 9.86. The van der Waals surface area contributed by atoms with Crippen LogP contribution in [0.4, 0.5) is 0 Å². The average molecular weight is 226 g/mol. The van der Waals surface area contributed by atoms with Gasteiger partial charge in [-0.1, -0.05) is 26.0 Å². The third-order valence-electron chi connectivity index (χ3n) is 2.90. The SMILES string of the molecule is C=C(C)CN(CC)C(C)CCCNCCC. The van der Waals surface area contributed by atoms with Crippen molar-refractivity contribution in [3.63, 3.8) is 0 Å². The number of hydrogen-bond acceptors (Lipinski definition) is 2. The van der Waals surface area contributed by atoms with E-state index in [0.717, 1.165) is 26.2 Å². The van der Waals surface area contributed by atoms with E-state index in [2.05, 4.69) is 44.5 Å². The second-order valence-corrected chi connectivity index (χ2v) is 4.76. The second-order valence-electron chi connectivity index (χ2n) is 4.76. The van der Waals surface area contributed by atoms with Crippen molar-refractivity contribution >= 4 is 0 Å². The molecule has 2 heteroatoms. The minimum absolute atomic E-state index is 0.671. The molecule has 0 amide bonds. The molecule has 0 radical (unpaired) electrons. The van der Waals surface area contributed by atoms with Crippen molar-refractivity contribution in [3.8, 4) is 0 Å². The van der Waals surface area contributed by atoms with Gasteiger partial charge in [-0.15, -0.1) is 0 Å². The Hall–Kier alpha value is -0.340. The zero-order chi connectivity index (χ0) is 12.4. The van der Waals surface area contributed by atoms with E-state index in [1.807, 2.05) is 0 Å². The van der Waals surface area contributed by atoms with Crippen molar-refractivity contribution in [1.29, 1.82) is 0 Å². The zero-order valence-electron chi connectivity index (χ0n) is 11.7. The Morgan fingerprint density at radius 2 is 2.00 bits per heavy atom. The first-order valence-corrected chi connectivity index (χ1v) is 6.70. The largest absolute Gasteiger partial charge is 0.317 e. The number of hydrogen-bond donors (Lipinski definition) is 1. The first-order valence-electron chi connectivity index (χ1n) is 6.70. The number of nitrogens with zero attached hydrogens (tertiary/aromatic N) is 1. The van der Waals surface area contributed by atoms with Crippen molar-refractivity contribution in [2.45, 2.75) is 53.0 Å². The van der Waals surface area contributed by atoms with Crippen LogP contribution in [0.2, 0.25) is 0 Å². The Kier molecular flexibility index (Phi) is 9.65. The normalized spacial score (nSPS) is 13.1. The van der Waals surface area contributed by atoms with Crippen LogP contribution in [-0.4, -0.2) is 37.1 Å². The van der Waals surface area contributed by atoms with E-state index >= 15 is 0 Å². The molecule has 16 heavy (non-hydrogen) atoms. The Labute approximate surface area is 102 Å². The van der Waals surface area contributed by atoms with Gasteiger partial charge in [-0.2, -0.15) is 0 Å².